The number of hydrogen-bond donors (Lipinski definition) is 1. The summed E-state index contributed by atoms with van der Waals surface area (Å²) in [5, 5.41) is 0. The van der Waals surface area contributed by atoms with E-state index in [2.05, 4.69) is 6.92 Å². The Labute approximate surface area is 131 Å². The summed E-state index contributed by atoms with van der Waals surface area (Å²) in [4.78, 5) is 28.4. The maximum absolute atomic E-state index is 12.4. The van der Waals surface area contributed by atoms with Crippen LogP contribution in [-0.2, 0) is 0 Å². The molecule has 1 aromatic carbocycles. The number of nitrogens with zero attached hydrogens (tertiary/aromatic N) is 2. The molecule has 2 saturated heterocycles. The molecule has 2 aliphatic rings. The van der Waals surface area contributed by atoms with Crippen molar-refractivity contribution in [1.82, 2.24) is 9.80 Å². The molecule has 2 aliphatic heterocycles. The molecular weight excluding hydrogens is 278 g/mol. The molecule has 1 aromatic rings. The first-order valence-electron chi connectivity index (χ1n) is 7.99. The van der Waals surface area contributed by atoms with Gasteiger partial charge < -0.3 is 15.5 Å². The predicted molar refractivity (Wildman–Crippen MR) is 84.6 cm³/mol. The van der Waals surface area contributed by atoms with Crippen molar-refractivity contribution < 1.29 is 9.59 Å². The van der Waals surface area contributed by atoms with Crippen LogP contribution in [0, 0.1) is 5.92 Å². The first-order chi connectivity index (χ1) is 10.5. The van der Waals surface area contributed by atoms with Gasteiger partial charge in [-0.2, -0.15) is 0 Å². The second-order valence-corrected chi connectivity index (χ2v) is 6.52. The van der Waals surface area contributed by atoms with Gasteiger partial charge in [0.15, 0.2) is 0 Å². The van der Waals surface area contributed by atoms with E-state index in [1.54, 1.807) is 29.2 Å². The number of amides is 2. The number of hydrogen-bond acceptors (Lipinski definition) is 3. The van der Waals surface area contributed by atoms with E-state index in [0.29, 0.717) is 30.1 Å². The molecule has 0 saturated carbocycles. The number of benzene rings is 1. The minimum Gasteiger partial charge on any atom is -0.338 e. The van der Waals surface area contributed by atoms with Crippen LogP contribution in [0.5, 0.6) is 0 Å². The van der Waals surface area contributed by atoms with E-state index >= 15 is 0 Å². The van der Waals surface area contributed by atoms with Crippen LogP contribution in [0.15, 0.2) is 24.3 Å². The molecule has 2 unspecified atom stereocenters. The summed E-state index contributed by atoms with van der Waals surface area (Å²) in [6.45, 7) is 5.14. The number of carbonyl (C=O) groups is 2. The standard InChI is InChI=1S/C17H23N3O2/c1-12-6-8-19(10-12)16(21)13-2-4-14(5-3-13)17(22)20-9-7-15(18)11-20/h2-5,12,15H,6-11,18H2,1H3. The lowest BCUT2D eigenvalue weighted by molar-refractivity contribution is 0.0777. The van der Waals surface area contributed by atoms with Crippen molar-refractivity contribution in [3.63, 3.8) is 0 Å². The van der Waals surface area contributed by atoms with Gasteiger partial charge >= 0.3 is 0 Å². The summed E-state index contributed by atoms with van der Waals surface area (Å²) in [7, 11) is 0. The summed E-state index contributed by atoms with van der Waals surface area (Å²) < 4.78 is 0. The van der Waals surface area contributed by atoms with E-state index in [4.69, 9.17) is 5.73 Å². The molecule has 0 spiro atoms. The average Bonchev–Trinajstić information content (AvgIpc) is 3.14. The van der Waals surface area contributed by atoms with Gasteiger partial charge in [0.05, 0.1) is 0 Å². The fraction of sp³-hybridized carbons (Fsp3) is 0.529. The van der Waals surface area contributed by atoms with Gasteiger partial charge in [0.25, 0.3) is 11.8 Å². The highest BCUT2D eigenvalue weighted by atomic mass is 16.2. The highest BCUT2D eigenvalue weighted by molar-refractivity contribution is 5.98. The highest BCUT2D eigenvalue weighted by Crippen LogP contribution is 2.19. The molecule has 0 aromatic heterocycles. The number of likely N-dealkylation sites (tertiary alicyclic amines) is 2. The largest absolute Gasteiger partial charge is 0.338 e. The minimum atomic E-state index is 0.00161. The third-order valence-corrected chi connectivity index (χ3v) is 4.60. The van der Waals surface area contributed by atoms with E-state index in [9.17, 15) is 9.59 Å². The van der Waals surface area contributed by atoms with Crippen LogP contribution in [0.25, 0.3) is 0 Å². The molecule has 2 fully saturated rings. The minimum absolute atomic E-state index is 0.00161. The van der Waals surface area contributed by atoms with Crippen LogP contribution in [0.4, 0.5) is 0 Å². The smallest absolute Gasteiger partial charge is 0.253 e. The van der Waals surface area contributed by atoms with E-state index in [0.717, 1.165) is 25.9 Å². The Morgan fingerprint density at radius 2 is 1.45 bits per heavy atom. The Morgan fingerprint density at radius 1 is 0.955 bits per heavy atom. The summed E-state index contributed by atoms with van der Waals surface area (Å²) >= 11 is 0. The van der Waals surface area contributed by atoms with E-state index in [1.807, 2.05) is 4.90 Å². The molecule has 5 heteroatoms. The molecule has 0 aliphatic carbocycles. The molecule has 2 heterocycles. The Hall–Kier alpha value is -1.88. The zero-order chi connectivity index (χ0) is 15.7. The molecule has 2 N–H and O–H groups in total. The summed E-state index contributed by atoms with van der Waals surface area (Å²) in [5.41, 5.74) is 7.12. The molecule has 2 amide bonds. The molecule has 3 rings (SSSR count). The Morgan fingerprint density at radius 3 is 1.86 bits per heavy atom. The second-order valence-electron chi connectivity index (χ2n) is 6.52. The van der Waals surface area contributed by atoms with Crippen molar-refractivity contribution in [3.05, 3.63) is 35.4 Å². The molecule has 0 radical (unpaired) electrons. The SMILES string of the molecule is CC1CCN(C(=O)c2ccc(C(=O)N3CCC(N)C3)cc2)C1. The zero-order valence-electron chi connectivity index (χ0n) is 13.0. The summed E-state index contributed by atoms with van der Waals surface area (Å²) in [5.74, 6) is 0.637. The van der Waals surface area contributed by atoms with E-state index in [1.165, 1.54) is 0 Å². The van der Waals surface area contributed by atoms with Gasteiger partial charge in [-0.05, 0) is 43.0 Å². The van der Waals surface area contributed by atoms with Crippen LogP contribution in [0.3, 0.4) is 0 Å². The highest BCUT2D eigenvalue weighted by Gasteiger charge is 2.26. The van der Waals surface area contributed by atoms with Crippen LogP contribution >= 0.6 is 0 Å². The normalized spacial score (nSPS) is 24.8. The van der Waals surface area contributed by atoms with Gasteiger partial charge in [0, 0.05) is 43.3 Å². The maximum Gasteiger partial charge on any atom is 0.253 e. The van der Waals surface area contributed by atoms with Gasteiger partial charge in [-0.15, -0.1) is 0 Å². The van der Waals surface area contributed by atoms with Crippen LogP contribution in [0.2, 0.25) is 0 Å². The molecule has 5 nitrogen and oxygen atoms in total. The molecule has 118 valence electrons. The van der Waals surface area contributed by atoms with Crippen molar-refractivity contribution in [2.24, 2.45) is 11.7 Å². The van der Waals surface area contributed by atoms with Crippen LogP contribution < -0.4 is 5.73 Å². The molecule has 2 atom stereocenters. The zero-order valence-corrected chi connectivity index (χ0v) is 13.0. The van der Waals surface area contributed by atoms with Crippen molar-refractivity contribution in [1.29, 1.82) is 0 Å². The fourth-order valence-electron chi connectivity index (χ4n) is 3.21. The van der Waals surface area contributed by atoms with Crippen LogP contribution in [-0.4, -0.2) is 53.8 Å². The van der Waals surface area contributed by atoms with Crippen molar-refractivity contribution in [2.75, 3.05) is 26.2 Å². The third-order valence-electron chi connectivity index (χ3n) is 4.60. The van der Waals surface area contributed by atoms with Crippen molar-refractivity contribution in [2.45, 2.75) is 25.8 Å². The number of nitrogens with two attached hydrogens (primary N) is 1. The first-order valence-corrected chi connectivity index (χ1v) is 7.99. The average molecular weight is 301 g/mol. The van der Waals surface area contributed by atoms with E-state index in [-0.39, 0.29) is 17.9 Å². The lowest BCUT2D eigenvalue weighted by Crippen LogP contribution is -2.32. The maximum atomic E-state index is 12.4. The molecule has 0 bridgehead atoms. The lowest BCUT2D eigenvalue weighted by Gasteiger charge is -2.17. The van der Waals surface area contributed by atoms with Crippen LogP contribution in [0.1, 0.15) is 40.5 Å². The monoisotopic (exact) mass is 301 g/mol. The van der Waals surface area contributed by atoms with Crippen molar-refractivity contribution >= 4 is 11.8 Å². The quantitative estimate of drug-likeness (QED) is 0.896. The fourth-order valence-corrected chi connectivity index (χ4v) is 3.21. The predicted octanol–water partition coefficient (Wildman–Crippen LogP) is 1.34. The Balaban J connectivity index is 1.67. The van der Waals surface area contributed by atoms with Gasteiger partial charge in [-0.3, -0.25) is 9.59 Å². The van der Waals surface area contributed by atoms with E-state index < -0.39 is 0 Å². The van der Waals surface area contributed by atoms with Gasteiger partial charge in [0.1, 0.15) is 0 Å². The molecular formula is C17H23N3O2. The Kier molecular flexibility index (Phi) is 4.16. The third kappa shape index (κ3) is 2.99. The molecule has 22 heavy (non-hydrogen) atoms. The van der Waals surface area contributed by atoms with Crippen molar-refractivity contribution in [3.8, 4) is 0 Å². The van der Waals surface area contributed by atoms with Gasteiger partial charge in [0.2, 0.25) is 0 Å². The second kappa shape index (κ2) is 6.08. The summed E-state index contributed by atoms with van der Waals surface area (Å²) in [6, 6.07) is 7.10. The first kappa shape index (κ1) is 15.0. The Bertz CT molecular complexity index is 519. The lowest BCUT2D eigenvalue weighted by atomic mass is 10.1. The van der Waals surface area contributed by atoms with Gasteiger partial charge in [-0.1, -0.05) is 6.92 Å². The number of rotatable bonds is 2. The van der Waals surface area contributed by atoms with Gasteiger partial charge in [-0.25, -0.2) is 0 Å². The summed E-state index contributed by atoms with van der Waals surface area (Å²) in [6.07, 6.45) is 1.92. The topological polar surface area (TPSA) is 66.6 Å². The number of carbonyl (C=O) groups excluding carboxylic acids is 2.